The number of anilines is 3. The molecule has 1 aromatic heterocycles. The summed E-state index contributed by atoms with van der Waals surface area (Å²) in [5, 5.41) is 7.00. The Kier molecular flexibility index (Phi) is 9.11. The highest BCUT2D eigenvalue weighted by Gasteiger charge is 2.26. The highest BCUT2D eigenvalue weighted by atomic mass is 35.5. The molecule has 1 amide bonds. The minimum atomic E-state index is -0.493. The van der Waals surface area contributed by atoms with Gasteiger partial charge < -0.3 is 20.3 Å². The summed E-state index contributed by atoms with van der Waals surface area (Å²) in [5.41, 5.74) is 1.79. The van der Waals surface area contributed by atoms with E-state index in [1.165, 1.54) is 57.0 Å². The molecule has 0 saturated carbocycles. The van der Waals surface area contributed by atoms with E-state index < -0.39 is 5.82 Å². The Morgan fingerprint density at radius 2 is 1.79 bits per heavy atom. The van der Waals surface area contributed by atoms with Crippen molar-refractivity contribution in [1.29, 1.82) is 0 Å². The number of likely N-dealkylation sites (tertiary alicyclic amines) is 2. The Balaban J connectivity index is 1.36. The van der Waals surface area contributed by atoms with Gasteiger partial charge in [-0.3, -0.25) is 9.69 Å². The minimum Gasteiger partial charge on any atom is -0.494 e. The summed E-state index contributed by atoms with van der Waals surface area (Å²) >= 11 is 5.96. The fraction of sp³-hybridized carbons (Fsp3) is 0.483. The van der Waals surface area contributed by atoms with Crippen LogP contribution in [0.2, 0.25) is 5.02 Å². The molecule has 1 atom stereocenters. The second-order valence-electron chi connectivity index (χ2n) is 10.4. The number of nitrogens with one attached hydrogen (secondary N) is 2. The monoisotopic (exact) mass is 554 g/mol. The van der Waals surface area contributed by atoms with Crippen molar-refractivity contribution in [3.05, 3.63) is 47.5 Å². The molecule has 0 aliphatic carbocycles. The third kappa shape index (κ3) is 6.96. The van der Waals surface area contributed by atoms with E-state index in [2.05, 4.69) is 30.4 Å². The van der Waals surface area contributed by atoms with Gasteiger partial charge in [0.05, 0.1) is 23.3 Å². The smallest absolute Gasteiger partial charge is 0.226 e. The molecule has 39 heavy (non-hydrogen) atoms. The van der Waals surface area contributed by atoms with Crippen LogP contribution in [-0.2, 0) is 4.79 Å². The molecule has 0 radical (unpaired) electrons. The van der Waals surface area contributed by atoms with Crippen LogP contribution in [0.3, 0.4) is 0 Å². The van der Waals surface area contributed by atoms with Crippen LogP contribution in [0.4, 0.5) is 21.6 Å². The quantitative estimate of drug-likeness (QED) is 0.343. The summed E-state index contributed by atoms with van der Waals surface area (Å²) in [6, 6.07) is 8.17. The molecule has 2 fully saturated rings. The number of methoxy groups -OCH3 is 1. The van der Waals surface area contributed by atoms with Crippen LogP contribution in [0.25, 0.3) is 10.9 Å². The van der Waals surface area contributed by atoms with E-state index in [1.54, 1.807) is 19.2 Å². The number of ether oxygens (including phenoxy) is 1. The van der Waals surface area contributed by atoms with Gasteiger partial charge in [-0.2, -0.15) is 0 Å². The fourth-order valence-corrected chi connectivity index (χ4v) is 5.79. The number of carbonyl (C=O) groups is 1. The number of piperidine rings is 2. The van der Waals surface area contributed by atoms with Gasteiger partial charge >= 0.3 is 0 Å². The summed E-state index contributed by atoms with van der Waals surface area (Å²) in [6.07, 6.45) is 9.25. The number of benzene rings is 2. The minimum absolute atomic E-state index is 0.0146. The standard InChI is InChI=1S/C29H36ClFN6O2/c1-39-27-17-25-22(29(33-19-32-25)34-20-8-9-24(31)23(30)14-20)16-26(27)35-28(38)15-21(37-12-6-3-7-13-37)18-36-10-4-2-5-11-36/h8-9,14,16-17,19,21H,2-7,10-13,15,18H2,1H3,(H,35,38)(H,32,33,34). The van der Waals surface area contributed by atoms with Crippen LogP contribution in [0.15, 0.2) is 36.7 Å². The van der Waals surface area contributed by atoms with Gasteiger partial charge in [-0.15, -0.1) is 0 Å². The Hall–Kier alpha value is -3.01. The number of hydrogen-bond donors (Lipinski definition) is 2. The third-order valence-corrected chi connectivity index (χ3v) is 7.95. The molecule has 2 N–H and O–H groups in total. The van der Waals surface area contributed by atoms with Gasteiger partial charge in [0, 0.05) is 36.1 Å². The Bertz CT molecular complexity index is 1300. The summed E-state index contributed by atoms with van der Waals surface area (Å²) < 4.78 is 19.3. The maximum Gasteiger partial charge on any atom is 0.226 e. The largest absolute Gasteiger partial charge is 0.494 e. The number of amides is 1. The SMILES string of the molecule is COc1cc2ncnc(Nc3ccc(F)c(Cl)c3)c2cc1NC(=O)CC(CN1CCCCC1)N1CCCCC1. The Morgan fingerprint density at radius 3 is 2.51 bits per heavy atom. The number of hydrogen-bond acceptors (Lipinski definition) is 7. The van der Waals surface area contributed by atoms with E-state index in [0.717, 1.165) is 32.7 Å². The predicted molar refractivity (Wildman–Crippen MR) is 154 cm³/mol. The number of aromatic nitrogens is 2. The molecule has 2 aliphatic heterocycles. The average molecular weight is 555 g/mol. The molecule has 10 heteroatoms. The molecule has 2 aliphatic rings. The van der Waals surface area contributed by atoms with E-state index in [9.17, 15) is 9.18 Å². The van der Waals surface area contributed by atoms with Gasteiger partial charge in [0.1, 0.15) is 23.7 Å². The number of fused-ring (bicyclic) bond motifs is 1. The van der Waals surface area contributed by atoms with Crippen LogP contribution in [0.1, 0.15) is 44.9 Å². The molecule has 1 unspecified atom stereocenters. The summed E-state index contributed by atoms with van der Waals surface area (Å²) in [6.45, 7) is 5.24. The fourth-order valence-electron chi connectivity index (χ4n) is 5.61. The van der Waals surface area contributed by atoms with Crippen molar-refractivity contribution >= 4 is 45.6 Å². The molecule has 8 nitrogen and oxygen atoms in total. The first-order valence-corrected chi connectivity index (χ1v) is 14.2. The van der Waals surface area contributed by atoms with Gasteiger partial charge in [0.2, 0.25) is 5.91 Å². The van der Waals surface area contributed by atoms with Gasteiger partial charge in [-0.1, -0.05) is 24.4 Å². The van der Waals surface area contributed by atoms with E-state index in [1.807, 2.05) is 6.07 Å². The lowest BCUT2D eigenvalue weighted by Gasteiger charge is -2.38. The van der Waals surface area contributed by atoms with Gasteiger partial charge in [-0.05, 0) is 76.1 Å². The third-order valence-electron chi connectivity index (χ3n) is 7.66. The number of nitrogens with zero attached hydrogens (tertiary/aromatic N) is 4. The summed E-state index contributed by atoms with van der Waals surface area (Å²) in [5.74, 6) is 0.498. The number of carbonyl (C=O) groups excluding carboxylic acids is 1. The molecule has 5 rings (SSSR count). The van der Waals surface area contributed by atoms with Crippen LogP contribution >= 0.6 is 11.6 Å². The molecule has 2 aromatic carbocycles. The maximum atomic E-state index is 13.6. The lowest BCUT2D eigenvalue weighted by atomic mass is 10.0. The normalized spacial score (nSPS) is 17.6. The van der Waals surface area contributed by atoms with E-state index in [0.29, 0.717) is 40.3 Å². The topological polar surface area (TPSA) is 82.6 Å². The highest BCUT2D eigenvalue weighted by Crippen LogP contribution is 2.34. The first-order chi connectivity index (χ1) is 19.0. The molecule has 0 bridgehead atoms. The zero-order valence-electron chi connectivity index (χ0n) is 22.4. The zero-order valence-corrected chi connectivity index (χ0v) is 23.1. The molecule has 3 aromatic rings. The zero-order chi connectivity index (χ0) is 27.2. The van der Waals surface area contributed by atoms with E-state index >= 15 is 0 Å². The molecular formula is C29H36ClFN6O2. The van der Waals surface area contributed by atoms with Crippen LogP contribution in [-0.4, -0.2) is 71.6 Å². The lowest BCUT2D eigenvalue weighted by molar-refractivity contribution is -0.117. The molecule has 3 heterocycles. The first kappa shape index (κ1) is 27.6. The molecule has 0 spiro atoms. The molecular weight excluding hydrogens is 519 g/mol. The van der Waals surface area contributed by atoms with Crippen molar-refractivity contribution in [2.24, 2.45) is 0 Å². The second-order valence-corrected chi connectivity index (χ2v) is 10.8. The van der Waals surface area contributed by atoms with Gasteiger partial charge in [0.15, 0.2) is 0 Å². The van der Waals surface area contributed by atoms with Gasteiger partial charge in [-0.25, -0.2) is 14.4 Å². The predicted octanol–water partition coefficient (Wildman–Crippen LogP) is 5.84. The number of rotatable bonds is 9. The van der Waals surface area contributed by atoms with Crippen molar-refractivity contribution in [3.8, 4) is 5.75 Å². The van der Waals surface area contributed by atoms with Crippen molar-refractivity contribution in [2.75, 3.05) is 50.5 Å². The highest BCUT2D eigenvalue weighted by molar-refractivity contribution is 6.31. The van der Waals surface area contributed by atoms with Crippen molar-refractivity contribution < 1.29 is 13.9 Å². The van der Waals surface area contributed by atoms with Crippen LogP contribution in [0, 0.1) is 5.82 Å². The van der Waals surface area contributed by atoms with Crippen molar-refractivity contribution in [1.82, 2.24) is 19.8 Å². The summed E-state index contributed by atoms with van der Waals surface area (Å²) in [7, 11) is 1.57. The Labute approximate surface area is 233 Å². The summed E-state index contributed by atoms with van der Waals surface area (Å²) in [4.78, 5) is 27.2. The average Bonchev–Trinajstić information content (AvgIpc) is 2.95. The van der Waals surface area contributed by atoms with E-state index in [-0.39, 0.29) is 17.0 Å². The maximum absolute atomic E-state index is 13.6. The van der Waals surface area contributed by atoms with Gasteiger partial charge in [0.25, 0.3) is 0 Å². The first-order valence-electron chi connectivity index (χ1n) is 13.8. The van der Waals surface area contributed by atoms with Crippen LogP contribution in [0.5, 0.6) is 5.75 Å². The number of halogens is 2. The van der Waals surface area contributed by atoms with E-state index in [4.69, 9.17) is 16.3 Å². The van der Waals surface area contributed by atoms with Crippen molar-refractivity contribution in [2.45, 2.75) is 51.0 Å². The molecule has 208 valence electrons. The lowest BCUT2D eigenvalue weighted by Crippen LogP contribution is -2.48. The second kappa shape index (κ2) is 12.9. The van der Waals surface area contributed by atoms with Crippen molar-refractivity contribution in [3.63, 3.8) is 0 Å². The Morgan fingerprint density at radius 1 is 1.05 bits per heavy atom. The molecule has 2 saturated heterocycles. The van der Waals surface area contributed by atoms with Crippen LogP contribution < -0.4 is 15.4 Å².